The van der Waals surface area contributed by atoms with Crippen molar-refractivity contribution >= 4 is 45.1 Å². The third-order valence-corrected chi connectivity index (χ3v) is 6.11. The van der Waals surface area contributed by atoms with E-state index >= 15 is 0 Å². The van der Waals surface area contributed by atoms with Crippen LogP contribution in [0.25, 0.3) is 32.9 Å². The number of rotatable bonds is 4. The predicted molar refractivity (Wildman–Crippen MR) is 139 cm³/mol. The normalized spacial score (nSPS) is 10.9. The molecule has 0 aliphatic heterocycles. The molecule has 0 unspecified atom stereocenters. The van der Waals surface area contributed by atoms with Gasteiger partial charge in [0.25, 0.3) is 17.4 Å². The molecule has 2 N–H and O–H groups in total. The van der Waals surface area contributed by atoms with Crippen molar-refractivity contribution in [2.75, 3.05) is 0 Å². The Labute approximate surface area is 210 Å². The summed E-state index contributed by atoms with van der Waals surface area (Å²) < 4.78 is 1.21. The van der Waals surface area contributed by atoms with Crippen molar-refractivity contribution in [1.29, 1.82) is 0 Å². The van der Waals surface area contributed by atoms with Gasteiger partial charge >= 0.3 is 0 Å². The first-order valence-corrected chi connectivity index (χ1v) is 11.6. The summed E-state index contributed by atoms with van der Waals surface area (Å²) in [5.74, 6) is -1.19. The summed E-state index contributed by atoms with van der Waals surface area (Å²) in [5, 5.41) is 6.09. The maximum atomic E-state index is 13.2. The molecule has 8 nitrogen and oxygen atoms in total. The summed E-state index contributed by atoms with van der Waals surface area (Å²) in [7, 11) is 0. The maximum Gasteiger partial charge on any atom is 0.290 e. The van der Waals surface area contributed by atoms with Gasteiger partial charge in [0.05, 0.1) is 22.2 Å². The van der Waals surface area contributed by atoms with Gasteiger partial charge in [-0.05, 0) is 31.2 Å². The van der Waals surface area contributed by atoms with Crippen LogP contribution < -0.4 is 16.4 Å². The molecule has 5 rings (SSSR count). The maximum absolute atomic E-state index is 13.2. The number of nitrogens with one attached hydrogen (secondary N) is 2. The number of aromatic nitrogens is 3. The van der Waals surface area contributed by atoms with Crippen LogP contribution >= 0.6 is 11.6 Å². The molecular formula is C27H20ClN5O3. The number of pyridine rings is 1. The van der Waals surface area contributed by atoms with Crippen molar-refractivity contribution in [3.8, 4) is 11.3 Å². The number of benzene rings is 3. The van der Waals surface area contributed by atoms with Crippen LogP contribution in [0.3, 0.4) is 0 Å². The summed E-state index contributed by atoms with van der Waals surface area (Å²) in [4.78, 5) is 43.5. The van der Waals surface area contributed by atoms with Crippen LogP contribution in [-0.4, -0.2) is 26.6 Å². The van der Waals surface area contributed by atoms with E-state index < -0.39 is 11.8 Å². The van der Waals surface area contributed by atoms with Crippen molar-refractivity contribution in [3.63, 3.8) is 0 Å². The fourth-order valence-corrected chi connectivity index (χ4v) is 4.26. The molecule has 9 heteroatoms. The second-order valence-electron chi connectivity index (χ2n) is 7.98. The van der Waals surface area contributed by atoms with Crippen LogP contribution in [0.15, 0.2) is 83.7 Å². The summed E-state index contributed by atoms with van der Waals surface area (Å²) in [6, 6.07) is 22.8. The predicted octanol–water partition coefficient (Wildman–Crippen LogP) is 4.36. The Kier molecular flexibility index (Phi) is 6.18. The van der Waals surface area contributed by atoms with Gasteiger partial charge in [-0.2, -0.15) is 5.10 Å². The van der Waals surface area contributed by atoms with Crippen LogP contribution in [0.5, 0.6) is 0 Å². The Morgan fingerprint density at radius 1 is 0.861 bits per heavy atom. The van der Waals surface area contributed by atoms with E-state index in [0.717, 1.165) is 0 Å². The number of hydrogen-bond donors (Lipinski definition) is 2. The summed E-state index contributed by atoms with van der Waals surface area (Å²) in [6.45, 7) is 2.06. The summed E-state index contributed by atoms with van der Waals surface area (Å²) in [6.07, 6.45) is 0. The van der Waals surface area contributed by atoms with Crippen molar-refractivity contribution in [2.24, 2.45) is 0 Å². The highest BCUT2D eigenvalue weighted by Gasteiger charge is 2.19. The number of nitrogens with zero attached hydrogens (tertiary/aromatic N) is 3. The molecule has 2 amide bonds. The van der Waals surface area contributed by atoms with E-state index in [0.29, 0.717) is 50.1 Å². The van der Waals surface area contributed by atoms with Crippen LogP contribution in [0.4, 0.5) is 0 Å². The molecule has 0 atom stereocenters. The minimum absolute atomic E-state index is 0.0312. The minimum Gasteiger partial charge on any atom is -0.267 e. The van der Waals surface area contributed by atoms with Gasteiger partial charge in [-0.25, -0.2) is 9.67 Å². The highest BCUT2D eigenvalue weighted by Crippen LogP contribution is 2.29. The topological polar surface area (TPSA) is 106 Å². The third kappa shape index (κ3) is 4.18. The second kappa shape index (κ2) is 9.59. The molecule has 0 fully saturated rings. The number of hydrogen-bond acceptors (Lipinski definition) is 5. The van der Waals surface area contributed by atoms with E-state index in [1.807, 2.05) is 24.3 Å². The van der Waals surface area contributed by atoms with E-state index in [1.165, 1.54) is 4.68 Å². The van der Waals surface area contributed by atoms with Crippen molar-refractivity contribution < 1.29 is 9.59 Å². The highest BCUT2D eigenvalue weighted by molar-refractivity contribution is 6.33. The van der Waals surface area contributed by atoms with Gasteiger partial charge in [-0.3, -0.25) is 25.2 Å². The van der Waals surface area contributed by atoms with Gasteiger partial charge in [0.1, 0.15) is 0 Å². The average Bonchev–Trinajstić information content (AvgIpc) is 2.91. The zero-order chi connectivity index (χ0) is 25.2. The number of aryl methyl sites for hydroxylation is 1. The van der Waals surface area contributed by atoms with Gasteiger partial charge in [0.2, 0.25) is 0 Å². The number of halogens is 1. The van der Waals surface area contributed by atoms with E-state index in [1.54, 1.807) is 61.5 Å². The van der Waals surface area contributed by atoms with Gasteiger partial charge in [0.15, 0.2) is 5.69 Å². The molecule has 0 spiro atoms. The smallest absolute Gasteiger partial charge is 0.267 e. The van der Waals surface area contributed by atoms with Crippen molar-refractivity contribution in [2.45, 2.75) is 13.5 Å². The molecule has 0 saturated heterocycles. The largest absolute Gasteiger partial charge is 0.290 e. The molecule has 36 heavy (non-hydrogen) atoms. The van der Waals surface area contributed by atoms with Gasteiger partial charge in [-0.1, -0.05) is 66.2 Å². The first kappa shape index (κ1) is 23.2. The van der Waals surface area contributed by atoms with Gasteiger partial charge < -0.3 is 0 Å². The molecule has 2 aromatic heterocycles. The first-order valence-electron chi connectivity index (χ1n) is 11.2. The minimum atomic E-state index is -0.647. The lowest BCUT2D eigenvalue weighted by Gasteiger charge is -2.13. The standard InChI is InChI=1S/C27H20ClN5O3/c1-2-33-27(36)18-11-4-3-10-17(18)24(32-33)26(35)31-30-25(34)20-15-23(19-12-5-7-13-21(19)28)29-22-14-8-6-9-16(20)22/h3-15H,2H2,1H3,(H,30,34)(H,31,35). The number of carbonyl (C=O) groups is 2. The fraction of sp³-hybridized carbons (Fsp3) is 0.0741. The molecule has 0 aliphatic carbocycles. The number of para-hydroxylation sites is 1. The molecule has 0 aliphatic rings. The monoisotopic (exact) mass is 497 g/mol. The highest BCUT2D eigenvalue weighted by atomic mass is 35.5. The number of fused-ring (bicyclic) bond motifs is 2. The molecule has 178 valence electrons. The average molecular weight is 498 g/mol. The second-order valence-corrected chi connectivity index (χ2v) is 8.38. The molecule has 0 bridgehead atoms. The Bertz CT molecular complexity index is 1710. The number of hydrazine groups is 1. The number of amides is 2. The lowest BCUT2D eigenvalue weighted by molar-refractivity contribution is 0.0844. The van der Waals surface area contributed by atoms with Crippen molar-refractivity contribution in [1.82, 2.24) is 25.6 Å². The molecule has 2 heterocycles. The quantitative estimate of drug-likeness (QED) is 0.359. The Hall–Kier alpha value is -4.56. The Morgan fingerprint density at radius 3 is 2.25 bits per heavy atom. The molecule has 0 saturated carbocycles. The summed E-state index contributed by atoms with van der Waals surface area (Å²) >= 11 is 6.37. The number of carbonyl (C=O) groups excluding carboxylic acids is 2. The zero-order valence-electron chi connectivity index (χ0n) is 19.2. The summed E-state index contributed by atoms with van der Waals surface area (Å²) in [5.41, 5.74) is 6.77. The Balaban J connectivity index is 1.49. The molecule has 3 aromatic carbocycles. The third-order valence-electron chi connectivity index (χ3n) is 5.78. The van der Waals surface area contributed by atoms with E-state index in [9.17, 15) is 14.4 Å². The van der Waals surface area contributed by atoms with Crippen LogP contribution in [-0.2, 0) is 6.54 Å². The van der Waals surface area contributed by atoms with Crippen LogP contribution in [0.2, 0.25) is 5.02 Å². The lowest BCUT2D eigenvalue weighted by atomic mass is 10.0. The SMILES string of the molecule is CCn1nc(C(=O)NNC(=O)c2cc(-c3ccccc3Cl)nc3ccccc23)c2ccccc2c1=O. The molecular weight excluding hydrogens is 478 g/mol. The molecule has 5 aromatic rings. The van der Waals surface area contributed by atoms with E-state index in [4.69, 9.17) is 11.6 Å². The fourth-order valence-electron chi connectivity index (χ4n) is 4.03. The van der Waals surface area contributed by atoms with Crippen molar-refractivity contribution in [3.05, 3.63) is 105 Å². The van der Waals surface area contributed by atoms with Crippen LogP contribution in [0.1, 0.15) is 27.8 Å². The Morgan fingerprint density at radius 2 is 1.50 bits per heavy atom. The molecule has 0 radical (unpaired) electrons. The first-order chi connectivity index (χ1) is 17.5. The lowest BCUT2D eigenvalue weighted by Crippen LogP contribution is -2.43. The van der Waals surface area contributed by atoms with E-state index in [2.05, 4.69) is 20.9 Å². The van der Waals surface area contributed by atoms with E-state index in [-0.39, 0.29) is 11.3 Å². The van der Waals surface area contributed by atoms with Gasteiger partial charge in [0, 0.05) is 27.9 Å². The zero-order valence-corrected chi connectivity index (χ0v) is 19.9. The van der Waals surface area contributed by atoms with Crippen LogP contribution in [0, 0.1) is 0 Å². The van der Waals surface area contributed by atoms with Gasteiger partial charge in [-0.15, -0.1) is 0 Å².